The lowest BCUT2D eigenvalue weighted by atomic mass is 9.98. The van der Waals surface area contributed by atoms with Gasteiger partial charge in [-0.15, -0.1) is 0 Å². The third-order valence-corrected chi connectivity index (χ3v) is 3.15. The van der Waals surface area contributed by atoms with Crippen molar-refractivity contribution in [3.8, 4) is 0 Å². The molecule has 0 aliphatic heterocycles. The highest BCUT2D eigenvalue weighted by Gasteiger charge is 2.15. The van der Waals surface area contributed by atoms with Gasteiger partial charge in [0, 0.05) is 6.07 Å². The Morgan fingerprint density at radius 3 is 2.78 bits per heavy atom. The summed E-state index contributed by atoms with van der Waals surface area (Å²) >= 11 is 0. The van der Waals surface area contributed by atoms with Gasteiger partial charge in [-0.05, 0) is 18.9 Å². The molecule has 18 heavy (non-hydrogen) atoms. The number of pyridine rings is 1. The van der Waals surface area contributed by atoms with Gasteiger partial charge in [-0.2, -0.15) is 4.57 Å². The summed E-state index contributed by atoms with van der Waals surface area (Å²) in [6.45, 7) is 0.492. The van der Waals surface area contributed by atoms with E-state index in [9.17, 15) is 4.79 Å². The van der Waals surface area contributed by atoms with Crippen LogP contribution in [0.1, 0.15) is 42.5 Å². The zero-order valence-electron chi connectivity index (χ0n) is 10.3. The van der Waals surface area contributed by atoms with E-state index in [4.69, 9.17) is 10.5 Å². The third-order valence-electron chi connectivity index (χ3n) is 3.15. The molecule has 1 fully saturated rings. The molecular formula is C13H19ClN2O2. The summed E-state index contributed by atoms with van der Waals surface area (Å²) in [4.78, 5) is 11.0. The zero-order chi connectivity index (χ0) is 12.1. The Morgan fingerprint density at radius 1 is 1.39 bits per heavy atom. The van der Waals surface area contributed by atoms with E-state index >= 15 is 0 Å². The first-order chi connectivity index (χ1) is 8.25. The maximum Gasteiger partial charge on any atom is 0.254 e. The summed E-state index contributed by atoms with van der Waals surface area (Å²) < 4.78 is 7.67. The first kappa shape index (κ1) is 14.9. The van der Waals surface area contributed by atoms with Gasteiger partial charge >= 0.3 is 0 Å². The quantitative estimate of drug-likeness (QED) is 0.669. The van der Waals surface area contributed by atoms with Crippen LogP contribution in [-0.2, 0) is 11.5 Å². The number of primary amides is 1. The molecule has 0 saturated heterocycles. The van der Waals surface area contributed by atoms with Crippen molar-refractivity contribution in [3.63, 3.8) is 0 Å². The van der Waals surface area contributed by atoms with Crippen molar-refractivity contribution < 1.29 is 26.5 Å². The number of ether oxygens (including phenoxy) is 1. The Balaban J connectivity index is 0.00000162. The molecule has 0 radical (unpaired) electrons. The fraction of sp³-hybridized carbons (Fsp3) is 0.538. The monoisotopic (exact) mass is 270 g/mol. The molecule has 0 bridgehead atoms. The average Bonchev–Trinajstić information content (AvgIpc) is 2.38. The van der Waals surface area contributed by atoms with E-state index in [0.717, 1.165) is 12.8 Å². The molecule has 1 heterocycles. The second kappa shape index (κ2) is 7.34. The predicted molar refractivity (Wildman–Crippen MR) is 63.1 cm³/mol. The average molecular weight is 271 g/mol. The number of halogens is 1. The summed E-state index contributed by atoms with van der Waals surface area (Å²) in [5.74, 6) is -0.406. The second-order valence-corrected chi connectivity index (χ2v) is 4.53. The molecule has 0 unspecified atom stereocenters. The highest BCUT2D eigenvalue weighted by Crippen LogP contribution is 2.19. The molecule has 100 valence electrons. The van der Waals surface area contributed by atoms with Crippen LogP contribution in [0.15, 0.2) is 24.5 Å². The molecule has 1 amide bonds. The third kappa shape index (κ3) is 4.27. The molecule has 1 aromatic rings. The predicted octanol–water partition coefficient (Wildman–Crippen LogP) is -1.62. The van der Waals surface area contributed by atoms with E-state index in [2.05, 4.69) is 0 Å². The lowest BCUT2D eigenvalue weighted by Crippen LogP contribution is -3.00. The topological polar surface area (TPSA) is 56.2 Å². The molecule has 1 aliphatic carbocycles. The Kier molecular flexibility index (Phi) is 6.09. The lowest BCUT2D eigenvalue weighted by Gasteiger charge is -2.20. The van der Waals surface area contributed by atoms with Crippen molar-refractivity contribution in [2.45, 2.75) is 44.9 Å². The van der Waals surface area contributed by atoms with Crippen LogP contribution in [-0.4, -0.2) is 12.0 Å². The first-order valence-electron chi connectivity index (χ1n) is 6.16. The number of hydrogen-bond donors (Lipinski definition) is 1. The van der Waals surface area contributed by atoms with Crippen molar-refractivity contribution in [1.82, 2.24) is 0 Å². The van der Waals surface area contributed by atoms with Gasteiger partial charge in [0.2, 0.25) is 0 Å². The van der Waals surface area contributed by atoms with Gasteiger partial charge in [0.05, 0.1) is 6.10 Å². The Morgan fingerprint density at radius 2 is 2.11 bits per heavy atom. The van der Waals surface area contributed by atoms with E-state index in [1.54, 1.807) is 12.3 Å². The maximum absolute atomic E-state index is 11.0. The van der Waals surface area contributed by atoms with Gasteiger partial charge < -0.3 is 22.9 Å². The summed E-state index contributed by atoms with van der Waals surface area (Å²) in [7, 11) is 0. The molecule has 0 atom stereocenters. The van der Waals surface area contributed by atoms with Gasteiger partial charge in [-0.25, -0.2) is 0 Å². The largest absolute Gasteiger partial charge is 1.00 e. The van der Waals surface area contributed by atoms with Crippen LogP contribution < -0.4 is 22.7 Å². The zero-order valence-corrected chi connectivity index (χ0v) is 11.1. The first-order valence-corrected chi connectivity index (χ1v) is 6.16. The second-order valence-electron chi connectivity index (χ2n) is 4.53. The van der Waals surface area contributed by atoms with Gasteiger partial charge in [-0.1, -0.05) is 19.3 Å². The van der Waals surface area contributed by atoms with Crippen LogP contribution in [0.5, 0.6) is 0 Å². The molecule has 5 heteroatoms. The standard InChI is InChI=1S/C13H18N2O2.ClH/c14-13(16)11-5-4-8-15(9-11)10-17-12-6-2-1-3-7-12;/h4-5,8-9,12H,1-3,6-7,10H2,(H-,14,16);1H. The fourth-order valence-electron chi connectivity index (χ4n) is 2.17. The Hall–Kier alpha value is -1.13. The molecule has 2 rings (SSSR count). The van der Waals surface area contributed by atoms with Crippen LogP contribution in [0.3, 0.4) is 0 Å². The molecule has 1 aromatic heterocycles. The van der Waals surface area contributed by atoms with Crippen molar-refractivity contribution in [2.24, 2.45) is 5.73 Å². The molecule has 1 saturated carbocycles. The molecule has 0 aromatic carbocycles. The smallest absolute Gasteiger partial charge is 0.254 e. The number of nitrogens with zero attached hydrogens (tertiary/aromatic N) is 1. The summed E-state index contributed by atoms with van der Waals surface area (Å²) in [5.41, 5.74) is 5.74. The number of hydrogen-bond acceptors (Lipinski definition) is 2. The number of carbonyl (C=O) groups excluding carboxylic acids is 1. The summed E-state index contributed by atoms with van der Waals surface area (Å²) in [6, 6.07) is 3.52. The maximum atomic E-state index is 11.0. The van der Waals surface area contributed by atoms with Gasteiger partial charge in [0.15, 0.2) is 12.4 Å². The van der Waals surface area contributed by atoms with E-state index in [1.807, 2.05) is 16.8 Å². The van der Waals surface area contributed by atoms with Gasteiger partial charge in [0.25, 0.3) is 12.6 Å². The highest BCUT2D eigenvalue weighted by atomic mass is 35.5. The van der Waals surface area contributed by atoms with Crippen molar-refractivity contribution in [1.29, 1.82) is 0 Å². The van der Waals surface area contributed by atoms with Crippen molar-refractivity contribution >= 4 is 5.91 Å². The van der Waals surface area contributed by atoms with Gasteiger partial charge in [-0.3, -0.25) is 4.79 Å². The molecule has 2 N–H and O–H groups in total. The van der Waals surface area contributed by atoms with E-state index in [0.29, 0.717) is 18.4 Å². The minimum absolute atomic E-state index is 0. The number of nitrogens with two attached hydrogens (primary N) is 1. The Bertz CT molecular complexity index is 392. The number of amides is 1. The Labute approximate surface area is 114 Å². The SMILES string of the molecule is NC(=O)c1ccc[n+](COC2CCCCC2)c1.[Cl-]. The van der Waals surface area contributed by atoms with Gasteiger partial charge in [0.1, 0.15) is 5.56 Å². The van der Waals surface area contributed by atoms with Crippen molar-refractivity contribution in [2.75, 3.05) is 0 Å². The summed E-state index contributed by atoms with van der Waals surface area (Å²) in [5, 5.41) is 0. The van der Waals surface area contributed by atoms with Crippen LogP contribution in [0.4, 0.5) is 0 Å². The number of carbonyl (C=O) groups is 1. The molecule has 1 aliphatic rings. The van der Waals surface area contributed by atoms with Crippen LogP contribution >= 0.6 is 0 Å². The fourth-order valence-corrected chi connectivity index (χ4v) is 2.17. The number of aromatic nitrogens is 1. The van der Waals surface area contributed by atoms with Crippen LogP contribution in [0.2, 0.25) is 0 Å². The number of rotatable bonds is 4. The lowest BCUT2D eigenvalue weighted by molar-refractivity contribution is -0.735. The van der Waals surface area contributed by atoms with E-state index in [1.165, 1.54) is 19.3 Å². The van der Waals surface area contributed by atoms with E-state index in [-0.39, 0.29) is 12.4 Å². The summed E-state index contributed by atoms with van der Waals surface area (Å²) in [6.07, 6.45) is 10.1. The van der Waals surface area contributed by atoms with Crippen LogP contribution in [0, 0.1) is 0 Å². The minimum atomic E-state index is -0.406. The highest BCUT2D eigenvalue weighted by molar-refractivity contribution is 5.92. The molecule has 0 spiro atoms. The molecular weight excluding hydrogens is 252 g/mol. The van der Waals surface area contributed by atoms with Crippen molar-refractivity contribution in [3.05, 3.63) is 30.1 Å². The minimum Gasteiger partial charge on any atom is -1.00 e. The van der Waals surface area contributed by atoms with Crippen LogP contribution in [0.25, 0.3) is 0 Å². The molecule has 4 nitrogen and oxygen atoms in total. The van der Waals surface area contributed by atoms with E-state index < -0.39 is 5.91 Å². The normalized spacial score (nSPS) is 16.0.